The number of hydrogen-bond donors (Lipinski definition) is 2. The van der Waals surface area contributed by atoms with Crippen molar-refractivity contribution < 1.29 is 8.81 Å². The Hall–Kier alpha value is -1.33. The fraction of sp³-hybridized carbons (Fsp3) is 0.0909. The molecule has 0 saturated carbocycles. The van der Waals surface area contributed by atoms with Crippen LogP contribution < -0.4 is 11.5 Å². The monoisotopic (exact) mass is 272 g/mol. The molecule has 0 amide bonds. The van der Waals surface area contributed by atoms with Gasteiger partial charge in [0.05, 0.1) is 28.3 Å². The van der Waals surface area contributed by atoms with E-state index in [0.29, 0.717) is 10.6 Å². The average molecular weight is 273 g/mol. The summed E-state index contributed by atoms with van der Waals surface area (Å²) in [6, 6.07) is 5.03. The van der Waals surface area contributed by atoms with E-state index < -0.39 is 5.82 Å². The predicted molar refractivity (Wildman–Crippen MR) is 68.5 cm³/mol. The van der Waals surface area contributed by atoms with E-state index in [1.165, 1.54) is 17.8 Å². The predicted octanol–water partition coefficient (Wildman–Crippen LogP) is 3.53. The molecule has 1 aromatic carbocycles. The number of halogens is 2. The van der Waals surface area contributed by atoms with Crippen molar-refractivity contribution in [1.82, 2.24) is 0 Å². The molecule has 1 heterocycles. The van der Waals surface area contributed by atoms with Gasteiger partial charge in [-0.1, -0.05) is 11.6 Å². The van der Waals surface area contributed by atoms with E-state index in [1.54, 1.807) is 18.4 Å². The van der Waals surface area contributed by atoms with Crippen molar-refractivity contribution in [3.8, 4) is 0 Å². The molecule has 0 aliphatic heterocycles. The number of benzene rings is 1. The van der Waals surface area contributed by atoms with E-state index in [4.69, 9.17) is 27.5 Å². The number of nitrogen functional groups attached to an aromatic ring is 2. The van der Waals surface area contributed by atoms with Gasteiger partial charge in [0.15, 0.2) is 5.82 Å². The second kappa shape index (κ2) is 4.89. The molecule has 17 heavy (non-hydrogen) atoms. The Labute approximate surface area is 107 Å². The highest BCUT2D eigenvalue weighted by Crippen LogP contribution is 2.37. The number of furan rings is 1. The maximum absolute atomic E-state index is 13.8. The SMILES string of the molecule is Nc1cc(N)c(SCc2ccco2)c(F)c1Cl. The Bertz CT molecular complexity index is 531. The lowest BCUT2D eigenvalue weighted by Crippen LogP contribution is -1.98. The van der Waals surface area contributed by atoms with E-state index in [-0.39, 0.29) is 16.4 Å². The van der Waals surface area contributed by atoms with Crippen molar-refractivity contribution in [2.75, 3.05) is 11.5 Å². The molecular formula is C11H10ClFN2OS. The zero-order chi connectivity index (χ0) is 12.4. The Kier molecular flexibility index (Phi) is 3.49. The summed E-state index contributed by atoms with van der Waals surface area (Å²) in [5, 5.41) is -0.0962. The van der Waals surface area contributed by atoms with E-state index in [9.17, 15) is 4.39 Å². The summed E-state index contributed by atoms with van der Waals surface area (Å²) >= 11 is 6.94. The van der Waals surface area contributed by atoms with Crippen molar-refractivity contribution in [1.29, 1.82) is 0 Å². The van der Waals surface area contributed by atoms with Crippen LogP contribution in [0.2, 0.25) is 5.02 Å². The van der Waals surface area contributed by atoms with Gasteiger partial charge in [-0.05, 0) is 18.2 Å². The highest BCUT2D eigenvalue weighted by molar-refractivity contribution is 7.98. The minimum absolute atomic E-state index is 0.0962. The number of anilines is 2. The molecule has 0 bridgehead atoms. The molecule has 0 radical (unpaired) electrons. The molecule has 3 nitrogen and oxygen atoms in total. The van der Waals surface area contributed by atoms with E-state index in [2.05, 4.69) is 0 Å². The largest absolute Gasteiger partial charge is 0.468 e. The zero-order valence-corrected chi connectivity index (χ0v) is 10.3. The Morgan fingerprint density at radius 2 is 2.12 bits per heavy atom. The zero-order valence-electron chi connectivity index (χ0n) is 8.74. The summed E-state index contributed by atoms with van der Waals surface area (Å²) in [6.07, 6.45) is 1.56. The Morgan fingerprint density at radius 3 is 2.76 bits per heavy atom. The first kappa shape index (κ1) is 12.1. The molecule has 4 N–H and O–H groups in total. The van der Waals surface area contributed by atoms with Gasteiger partial charge in [0.25, 0.3) is 0 Å². The molecule has 0 spiro atoms. The summed E-state index contributed by atoms with van der Waals surface area (Å²) in [7, 11) is 0. The molecule has 0 fully saturated rings. The van der Waals surface area contributed by atoms with Crippen molar-refractivity contribution in [3.63, 3.8) is 0 Å². The first-order valence-electron chi connectivity index (χ1n) is 4.77. The summed E-state index contributed by atoms with van der Waals surface area (Å²) in [4.78, 5) is 0.292. The molecule has 0 aliphatic rings. The van der Waals surface area contributed by atoms with Crippen LogP contribution in [-0.2, 0) is 5.75 Å². The van der Waals surface area contributed by atoms with Gasteiger partial charge in [0, 0.05) is 0 Å². The van der Waals surface area contributed by atoms with E-state index in [0.717, 1.165) is 5.76 Å². The van der Waals surface area contributed by atoms with Gasteiger partial charge < -0.3 is 15.9 Å². The third-order valence-electron chi connectivity index (χ3n) is 2.16. The molecule has 2 rings (SSSR count). The van der Waals surface area contributed by atoms with E-state index in [1.807, 2.05) is 0 Å². The lowest BCUT2D eigenvalue weighted by atomic mass is 10.3. The maximum Gasteiger partial charge on any atom is 0.159 e. The van der Waals surface area contributed by atoms with Crippen LogP contribution in [0, 0.1) is 5.82 Å². The van der Waals surface area contributed by atoms with Gasteiger partial charge >= 0.3 is 0 Å². The average Bonchev–Trinajstić information content (AvgIpc) is 2.79. The smallest absolute Gasteiger partial charge is 0.159 e. The first-order valence-corrected chi connectivity index (χ1v) is 6.14. The standard InChI is InChI=1S/C11H10ClFN2OS/c12-9-7(14)4-8(15)11(10(9)13)17-5-6-2-1-3-16-6/h1-4H,5,14-15H2. The molecule has 2 aromatic rings. The quantitative estimate of drug-likeness (QED) is 0.663. The van der Waals surface area contributed by atoms with Gasteiger partial charge in [-0.15, -0.1) is 11.8 Å². The second-order valence-corrected chi connectivity index (χ2v) is 4.74. The van der Waals surface area contributed by atoms with Crippen LogP contribution in [0.25, 0.3) is 0 Å². The third kappa shape index (κ3) is 2.50. The highest BCUT2D eigenvalue weighted by atomic mass is 35.5. The van der Waals surface area contributed by atoms with Crippen molar-refractivity contribution in [2.45, 2.75) is 10.6 Å². The fourth-order valence-electron chi connectivity index (χ4n) is 1.33. The minimum atomic E-state index is -0.583. The molecule has 90 valence electrons. The van der Waals surface area contributed by atoms with Crippen LogP contribution in [0.1, 0.15) is 5.76 Å². The summed E-state index contributed by atoms with van der Waals surface area (Å²) in [6.45, 7) is 0. The lowest BCUT2D eigenvalue weighted by molar-refractivity contribution is 0.530. The molecule has 0 unspecified atom stereocenters. The summed E-state index contributed by atoms with van der Waals surface area (Å²) in [5.74, 6) is 0.636. The Balaban J connectivity index is 2.24. The van der Waals surface area contributed by atoms with Gasteiger partial charge in [-0.2, -0.15) is 0 Å². The van der Waals surface area contributed by atoms with E-state index >= 15 is 0 Å². The summed E-state index contributed by atoms with van der Waals surface area (Å²) in [5.41, 5.74) is 11.6. The minimum Gasteiger partial charge on any atom is -0.468 e. The number of thioether (sulfide) groups is 1. The number of nitrogens with two attached hydrogens (primary N) is 2. The topological polar surface area (TPSA) is 65.2 Å². The van der Waals surface area contributed by atoms with Crippen molar-refractivity contribution in [2.24, 2.45) is 0 Å². The molecular weight excluding hydrogens is 263 g/mol. The maximum atomic E-state index is 13.8. The highest BCUT2D eigenvalue weighted by Gasteiger charge is 2.15. The second-order valence-electron chi connectivity index (χ2n) is 3.38. The number of hydrogen-bond acceptors (Lipinski definition) is 4. The Morgan fingerprint density at radius 1 is 1.35 bits per heavy atom. The van der Waals surface area contributed by atoms with Crippen LogP contribution in [0.3, 0.4) is 0 Å². The fourth-order valence-corrected chi connectivity index (χ4v) is 2.44. The molecule has 0 saturated heterocycles. The van der Waals surface area contributed by atoms with Crippen LogP contribution in [0.4, 0.5) is 15.8 Å². The number of rotatable bonds is 3. The van der Waals surface area contributed by atoms with Gasteiger partial charge in [0.1, 0.15) is 10.8 Å². The van der Waals surface area contributed by atoms with Crippen LogP contribution in [0.5, 0.6) is 0 Å². The molecule has 0 aliphatic carbocycles. The third-order valence-corrected chi connectivity index (χ3v) is 3.67. The van der Waals surface area contributed by atoms with Crippen LogP contribution in [-0.4, -0.2) is 0 Å². The molecule has 0 atom stereocenters. The van der Waals surface area contributed by atoms with Crippen molar-refractivity contribution in [3.05, 3.63) is 41.1 Å². The molecule has 6 heteroatoms. The van der Waals surface area contributed by atoms with Gasteiger partial charge in [-0.25, -0.2) is 4.39 Å². The van der Waals surface area contributed by atoms with Crippen molar-refractivity contribution >= 4 is 34.7 Å². The lowest BCUT2D eigenvalue weighted by Gasteiger charge is -2.09. The van der Waals surface area contributed by atoms with Crippen LogP contribution in [0.15, 0.2) is 33.8 Å². The first-order chi connectivity index (χ1) is 8.09. The van der Waals surface area contributed by atoms with Crippen LogP contribution >= 0.6 is 23.4 Å². The molecule has 1 aromatic heterocycles. The van der Waals surface area contributed by atoms with Gasteiger partial charge in [0.2, 0.25) is 0 Å². The normalized spacial score (nSPS) is 10.7. The summed E-state index contributed by atoms with van der Waals surface area (Å²) < 4.78 is 19.0. The van der Waals surface area contributed by atoms with Gasteiger partial charge in [-0.3, -0.25) is 0 Å².